The second-order valence-corrected chi connectivity index (χ2v) is 5.19. The van der Waals surface area contributed by atoms with Gasteiger partial charge < -0.3 is 5.11 Å². The molecule has 0 spiro atoms. The Labute approximate surface area is 126 Å². The zero-order valence-corrected chi connectivity index (χ0v) is 12.0. The molecule has 3 aromatic rings. The minimum Gasteiger partial charge on any atom is -0.386 e. The minimum absolute atomic E-state index is 0.0199. The Kier molecular flexibility index (Phi) is 3.73. The fraction of sp³-hybridized carbons (Fsp3) is 0.176. The summed E-state index contributed by atoms with van der Waals surface area (Å²) in [6, 6.07) is 12.9. The van der Waals surface area contributed by atoms with E-state index in [0.717, 1.165) is 5.39 Å². The fourth-order valence-corrected chi connectivity index (χ4v) is 2.51. The van der Waals surface area contributed by atoms with E-state index in [1.165, 1.54) is 22.9 Å². The van der Waals surface area contributed by atoms with E-state index in [1.807, 2.05) is 19.1 Å². The van der Waals surface area contributed by atoms with E-state index < -0.39 is 11.9 Å². The zero-order chi connectivity index (χ0) is 15.7. The number of halogens is 1. The molecule has 0 fully saturated rings. The minimum atomic E-state index is -0.999. The molecule has 5 heteroatoms. The van der Waals surface area contributed by atoms with Crippen LogP contribution in [0.4, 0.5) is 4.39 Å². The maximum absolute atomic E-state index is 13.2. The molecule has 0 radical (unpaired) electrons. The van der Waals surface area contributed by atoms with Crippen molar-refractivity contribution in [1.82, 2.24) is 9.78 Å². The Morgan fingerprint density at radius 3 is 2.64 bits per heavy atom. The molecule has 3 rings (SSSR count). The van der Waals surface area contributed by atoms with Crippen molar-refractivity contribution >= 4 is 10.8 Å². The summed E-state index contributed by atoms with van der Waals surface area (Å²) < 4.78 is 14.5. The Morgan fingerprint density at radius 1 is 1.18 bits per heavy atom. The highest BCUT2D eigenvalue weighted by Crippen LogP contribution is 2.17. The Balaban J connectivity index is 2.01. The molecule has 0 aliphatic carbocycles. The quantitative estimate of drug-likeness (QED) is 0.808. The molecule has 1 atom stereocenters. The highest BCUT2D eigenvalue weighted by Gasteiger charge is 2.13. The van der Waals surface area contributed by atoms with Gasteiger partial charge in [0.05, 0.1) is 23.7 Å². The molecule has 4 nitrogen and oxygen atoms in total. The molecule has 0 unspecified atom stereocenters. The van der Waals surface area contributed by atoms with E-state index >= 15 is 0 Å². The van der Waals surface area contributed by atoms with Gasteiger partial charge in [-0.25, -0.2) is 9.07 Å². The Bertz CT molecular complexity index is 889. The van der Waals surface area contributed by atoms with Gasteiger partial charge in [0, 0.05) is 5.39 Å². The van der Waals surface area contributed by atoms with Gasteiger partial charge in [0.15, 0.2) is 0 Å². The van der Waals surface area contributed by atoms with Crippen molar-refractivity contribution < 1.29 is 9.50 Å². The number of rotatable bonds is 3. The normalized spacial score (nSPS) is 12.5. The summed E-state index contributed by atoms with van der Waals surface area (Å²) >= 11 is 0. The van der Waals surface area contributed by atoms with Crippen LogP contribution in [-0.2, 0) is 6.54 Å². The molecule has 0 saturated carbocycles. The molecule has 1 aromatic heterocycles. The molecule has 22 heavy (non-hydrogen) atoms. The van der Waals surface area contributed by atoms with Crippen molar-refractivity contribution in [3.05, 3.63) is 76.0 Å². The summed E-state index contributed by atoms with van der Waals surface area (Å²) in [5, 5.41) is 15.8. The third-order valence-electron chi connectivity index (χ3n) is 3.63. The van der Waals surface area contributed by atoms with E-state index in [2.05, 4.69) is 5.10 Å². The van der Waals surface area contributed by atoms with Gasteiger partial charge in [-0.05, 0) is 30.7 Å². The van der Waals surface area contributed by atoms with E-state index in [-0.39, 0.29) is 12.1 Å². The summed E-state index contributed by atoms with van der Waals surface area (Å²) in [5.41, 5.74) is 0.859. The van der Waals surface area contributed by atoms with Crippen LogP contribution in [0.15, 0.2) is 53.3 Å². The van der Waals surface area contributed by atoms with Crippen molar-refractivity contribution in [2.75, 3.05) is 0 Å². The molecule has 2 aromatic carbocycles. The second kappa shape index (κ2) is 5.69. The van der Waals surface area contributed by atoms with Gasteiger partial charge in [0.25, 0.3) is 5.56 Å². The third-order valence-corrected chi connectivity index (χ3v) is 3.63. The summed E-state index contributed by atoms with van der Waals surface area (Å²) in [4.78, 5) is 12.4. The van der Waals surface area contributed by atoms with Crippen LogP contribution in [0.25, 0.3) is 10.8 Å². The van der Waals surface area contributed by atoms with Crippen LogP contribution in [0.1, 0.15) is 17.4 Å². The van der Waals surface area contributed by atoms with E-state index in [1.54, 1.807) is 18.2 Å². The van der Waals surface area contributed by atoms with Crippen LogP contribution >= 0.6 is 0 Å². The van der Waals surface area contributed by atoms with Crippen LogP contribution in [0.5, 0.6) is 0 Å². The van der Waals surface area contributed by atoms with Crippen LogP contribution < -0.4 is 5.56 Å². The van der Waals surface area contributed by atoms with Gasteiger partial charge in [-0.3, -0.25) is 4.79 Å². The molecule has 0 saturated heterocycles. The van der Waals surface area contributed by atoms with Crippen LogP contribution in [-0.4, -0.2) is 14.9 Å². The van der Waals surface area contributed by atoms with Gasteiger partial charge >= 0.3 is 0 Å². The molecule has 112 valence electrons. The Hall–Kier alpha value is -2.53. The van der Waals surface area contributed by atoms with Crippen molar-refractivity contribution in [3.8, 4) is 0 Å². The summed E-state index contributed by atoms with van der Waals surface area (Å²) in [6.45, 7) is 1.79. The lowest BCUT2D eigenvalue weighted by atomic mass is 10.1. The summed E-state index contributed by atoms with van der Waals surface area (Å²) in [5.74, 6) is -0.424. The van der Waals surface area contributed by atoms with Gasteiger partial charge in [-0.1, -0.05) is 30.3 Å². The molecule has 0 aliphatic heterocycles. The molecule has 1 heterocycles. The smallest absolute Gasteiger partial charge is 0.274 e. The number of hydrogen-bond acceptors (Lipinski definition) is 3. The molecular weight excluding hydrogens is 283 g/mol. The van der Waals surface area contributed by atoms with E-state index in [4.69, 9.17) is 0 Å². The van der Waals surface area contributed by atoms with Crippen molar-refractivity contribution in [1.29, 1.82) is 0 Å². The number of aliphatic hydroxyl groups excluding tert-OH is 1. The van der Waals surface area contributed by atoms with Crippen molar-refractivity contribution in [3.63, 3.8) is 0 Å². The predicted octanol–water partition coefficient (Wildman–Crippen LogP) is 2.58. The summed E-state index contributed by atoms with van der Waals surface area (Å²) in [6.07, 6.45) is -0.999. The summed E-state index contributed by atoms with van der Waals surface area (Å²) in [7, 11) is 0. The molecule has 1 N–H and O–H groups in total. The molecular formula is C17H15FN2O2. The number of aryl methyl sites for hydroxylation is 1. The average Bonchev–Trinajstić information content (AvgIpc) is 2.52. The van der Waals surface area contributed by atoms with Crippen LogP contribution in [0.2, 0.25) is 0 Å². The molecule has 0 aliphatic rings. The lowest BCUT2D eigenvalue weighted by molar-refractivity contribution is 0.149. The monoisotopic (exact) mass is 298 g/mol. The maximum Gasteiger partial charge on any atom is 0.274 e. The SMILES string of the molecule is Cc1nn(C[C@H](O)c2cccc(F)c2)c(=O)c2ccccc12. The maximum atomic E-state index is 13.2. The lowest BCUT2D eigenvalue weighted by Gasteiger charge is -2.14. The first-order valence-corrected chi connectivity index (χ1v) is 6.96. The standard InChI is InChI=1S/C17H15FN2O2/c1-11-14-7-2-3-8-15(14)17(22)20(19-11)10-16(21)12-5-4-6-13(18)9-12/h2-9,16,21H,10H2,1H3/t16-/m0/s1. The number of aromatic nitrogens is 2. The van der Waals surface area contributed by atoms with Gasteiger partial charge in [-0.2, -0.15) is 5.10 Å². The average molecular weight is 298 g/mol. The van der Waals surface area contributed by atoms with Gasteiger partial charge in [0.1, 0.15) is 5.82 Å². The van der Waals surface area contributed by atoms with E-state index in [9.17, 15) is 14.3 Å². The van der Waals surface area contributed by atoms with Crippen LogP contribution in [0.3, 0.4) is 0 Å². The predicted molar refractivity (Wildman–Crippen MR) is 82.1 cm³/mol. The van der Waals surface area contributed by atoms with Crippen LogP contribution in [0, 0.1) is 12.7 Å². The highest BCUT2D eigenvalue weighted by molar-refractivity contribution is 5.83. The third kappa shape index (κ3) is 2.63. The van der Waals surface area contributed by atoms with Crippen molar-refractivity contribution in [2.24, 2.45) is 0 Å². The van der Waals surface area contributed by atoms with Gasteiger partial charge in [0.2, 0.25) is 0 Å². The fourth-order valence-electron chi connectivity index (χ4n) is 2.51. The topological polar surface area (TPSA) is 55.1 Å². The molecule has 0 amide bonds. The number of fused-ring (bicyclic) bond motifs is 1. The highest BCUT2D eigenvalue weighted by atomic mass is 19.1. The second-order valence-electron chi connectivity index (χ2n) is 5.19. The zero-order valence-electron chi connectivity index (χ0n) is 12.0. The number of benzene rings is 2. The number of aliphatic hydroxyl groups is 1. The molecule has 0 bridgehead atoms. The first-order valence-electron chi connectivity index (χ1n) is 6.96. The number of hydrogen-bond donors (Lipinski definition) is 1. The first kappa shape index (κ1) is 14.4. The van der Waals surface area contributed by atoms with E-state index in [0.29, 0.717) is 16.6 Å². The Morgan fingerprint density at radius 2 is 1.91 bits per heavy atom. The largest absolute Gasteiger partial charge is 0.386 e. The first-order chi connectivity index (χ1) is 10.6. The number of nitrogens with zero attached hydrogens (tertiary/aromatic N) is 2. The van der Waals surface area contributed by atoms with Gasteiger partial charge in [-0.15, -0.1) is 0 Å². The lowest BCUT2D eigenvalue weighted by Crippen LogP contribution is -2.26. The van der Waals surface area contributed by atoms with Crippen molar-refractivity contribution in [2.45, 2.75) is 19.6 Å².